The van der Waals surface area contributed by atoms with Crippen molar-refractivity contribution in [3.8, 4) is 5.75 Å². The highest BCUT2D eigenvalue weighted by atomic mass is 32.2. The molecule has 0 bridgehead atoms. The van der Waals surface area contributed by atoms with Crippen LogP contribution in [0.5, 0.6) is 5.75 Å². The first-order valence-corrected chi connectivity index (χ1v) is 14.1. The maximum absolute atomic E-state index is 13.1. The number of carbonyl (C=O) groups is 2. The molecule has 8 heteroatoms. The van der Waals surface area contributed by atoms with Crippen LogP contribution < -0.4 is 14.4 Å². The lowest BCUT2D eigenvalue weighted by Crippen LogP contribution is -2.26. The Morgan fingerprint density at radius 1 is 0.775 bits per heavy atom. The number of rotatable bonds is 8. The SMILES string of the molecule is COc1ccc(S(=O)(=O)N(C)c2ccc(C(=O)Nc3cccc(C(=O)c4ccc(C(C)(C)C)cc4)c3)cc2)cc1. The van der Waals surface area contributed by atoms with Crippen LogP contribution >= 0.6 is 0 Å². The molecule has 0 atom stereocenters. The summed E-state index contributed by atoms with van der Waals surface area (Å²) in [5.41, 5.74) is 3.38. The maximum Gasteiger partial charge on any atom is 0.264 e. The summed E-state index contributed by atoms with van der Waals surface area (Å²) in [5.74, 6) is 0.0370. The summed E-state index contributed by atoms with van der Waals surface area (Å²) in [7, 11) is -0.837. The van der Waals surface area contributed by atoms with Gasteiger partial charge in [0.15, 0.2) is 5.78 Å². The molecule has 0 fully saturated rings. The van der Waals surface area contributed by atoms with Gasteiger partial charge < -0.3 is 10.1 Å². The molecule has 0 aliphatic carbocycles. The van der Waals surface area contributed by atoms with Gasteiger partial charge in [-0.15, -0.1) is 0 Å². The topological polar surface area (TPSA) is 92.8 Å². The number of ether oxygens (including phenoxy) is 1. The van der Waals surface area contributed by atoms with Gasteiger partial charge >= 0.3 is 0 Å². The van der Waals surface area contributed by atoms with E-state index in [1.807, 2.05) is 24.3 Å². The smallest absolute Gasteiger partial charge is 0.264 e. The first-order valence-electron chi connectivity index (χ1n) is 12.7. The Balaban J connectivity index is 1.45. The molecule has 0 radical (unpaired) electrons. The fourth-order valence-electron chi connectivity index (χ4n) is 4.10. The van der Waals surface area contributed by atoms with E-state index in [4.69, 9.17) is 4.74 Å². The van der Waals surface area contributed by atoms with Crippen molar-refractivity contribution in [3.05, 3.63) is 119 Å². The Bertz CT molecular complexity index is 1620. The van der Waals surface area contributed by atoms with E-state index in [0.717, 1.165) is 9.87 Å². The second-order valence-electron chi connectivity index (χ2n) is 10.4. The van der Waals surface area contributed by atoms with Gasteiger partial charge in [0, 0.05) is 29.4 Å². The zero-order valence-corrected chi connectivity index (χ0v) is 24.0. The van der Waals surface area contributed by atoms with E-state index in [1.165, 1.54) is 26.3 Å². The number of ketones is 1. The van der Waals surface area contributed by atoms with Crippen LogP contribution in [0, 0.1) is 0 Å². The first-order chi connectivity index (χ1) is 18.9. The zero-order chi connectivity index (χ0) is 29.1. The molecule has 206 valence electrons. The van der Waals surface area contributed by atoms with Crippen LogP contribution in [0.2, 0.25) is 0 Å². The van der Waals surface area contributed by atoms with Crippen LogP contribution in [0.4, 0.5) is 11.4 Å². The molecule has 0 heterocycles. The molecule has 4 aromatic rings. The minimum atomic E-state index is -3.80. The van der Waals surface area contributed by atoms with Gasteiger partial charge in [0.05, 0.1) is 17.7 Å². The minimum absolute atomic E-state index is 0.00973. The van der Waals surface area contributed by atoms with E-state index >= 15 is 0 Å². The van der Waals surface area contributed by atoms with Crippen molar-refractivity contribution >= 4 is 33.1 Å². The number of amides is 1. The molecule has 4 rings (SSSR count). The molecule has 40 heavy (non-hydrogen) atoms. The van der Waals surface area contributed by atoms with Crippen LogP contribution in [0.15, 0.2) is 102 Å². The van der Waals surface area contributed by atoms with E-state index < -0.39 is 10.0 Å². The van der Waals surface area contributed by atoms with Crippen molar-refractivity contribution in [3.63, 3.8) is 0 Å². The number of benzene rings is 4. The standard InChI is InChI=1S/C32H32N2O5S/c1-32(2,3)25-13-9-22(10-14-25)30(35)24-7-6-8-26(21-24)33-31(36)23-11-15-27(16-12-23)34(4)40(37,38)29-19-17-28(39-5)18-20-29/h6-21H,1-5H3,(H,33,36). The van der Waals surface area contributed by atoms with E-state index in [-0.39, 0.29) is 22.0 Å². The molecule has 1 N–H and O–H groups in total. The molecule has 1 amide bonds. The number of nitrogens with zero attached hydrogens (tertiary/aromatic N) is 1. The number of anilines is 2. The van der Waals surface area contributed by atoms with Gasteiger partial charge in [-0.1, -0.05) is 57.2 Å². The van der Waals surface area contributed by atoms with Gasteiger partial charge in [-0.2, -0.15) is 0 Å². The van der Waals surface area contributed by atoms with E-state index in [2.05, 4.69) is 26.1 Å². The van der Waals surface area contributed by atoms with Crippen LogP contribution in [-0.4, -0.2) is 34.3 Å². The van der Waals surface area contributed by atoms with Crippen LogP contribution in [0.1, 0.15) is 52.6 Å². The first kappa shape index (κ1) is 28.6. The predicted octanol–water partition coefficient (Wildman–Crippen LogP) is 6.30. The highest BCUT2D eigenvalue weighted by Gasteiger charge is 2.22. The summed E-state index contributed by atoms with van der Waals surface area (Å²) < 4.78 is 32.3. The minimum Gasteiger partial charge on any atom is -0.497 e. The van der Waals surface area contributed by atoms with Crippen molar-refractivity contribution in [2.75, 3.05) is 23.8 Å². The number of methoxy groups -OCH3 is 1. The molecule has 7 nitrogen and oxygen atoms in total. The van der Waals surface area contributed by atoms with Crippen LogP contribution in [-0.2, 0) is 15.4 Å². The van der Waals surface area contributed by atoms with Gasteiger partial charge in [0.25, 0.3) is 15.9 Å². The number of hydrogen-bond acceptors (Lipinski definition) is 5. The lowest BCUT2D eigenvalue weighted by Gasteiger charge is -2.20. The Morgan fingerprint density at radius 2 is 1.38 bits per heavy atom. The quantitative estimate of drug-likeness (QED) is 0.257. The van der Waals surface area contributed by atoms with E-state index in [9.17, 15) is 18.0 Å². The summed E-state index contributed by atoms with van der Waals surface area (Å²) in [4.78, 5) is 26.1. The Kier molecular flexibility index (Phi) is 8.11. The molecule has 0 aliphatic rings. The summed E-state index contributed by atoms with van der Waals surface area (Å²) in [6.45, 7) is 6.35. The number of carbonyl (C=O) groups excluding carboxylic acids is 2. The molecule has 0 unspecified atom stereocenters. The Hall–Kier alpha value is -4.43. The van der Waals surface area contributed by atoms with Crippen molar-refractivity contribution in [1.29, 1.82) is 0 Å². The monoisotopic (exact) mass is 556 g/mol. The number of sulfonamides is 1. The molecule has 4 aromatic carbocycles. The highest BCUT2D eigenvalue weighted by molar-refractivity contribution is 7.92. The lowest BCUT2D eigenvalue weighted by molar-refractivity contribution is 0.102. The zero-order valence-electron chi connectivity index (χ0n) is 23.1. The summed E-state index contributed by atoms with van der Waals surface area (Å²) in [5, 5.41) is 2.81. The van der Waals surface area contributed by atoms with E-state index in [1.54, 1.807) is 60.7 Å². The second kappa shape index (κ2) is 11.4. The molecule has 0 saturated carbocycles. The Labute approximate surface area is 235 Å². The molecule has 0 aromatic heterocycles. The van der Waals surface area contributed by atoms with Crippen molar-refractivity contribution in [2.45, 2.75) is 31.1 Å². The summed E-state index contributed by atoms with van der Waals surface area (Å²) in [6, 6.07) is 26.7. The average Bonchev–Trinajstić information content (AvgIpc) is 2.96. The molecule has 0 saturated heterocycles. The second-order valence-corrected chi connectivity index (χ2v) is 12.4. The third kappa shape index (κ3) is 6.24. The summed E-state index contributed by atoms with van der Waals surface area (Å²) >= 11 is 0. The Morgan fingerprint density at radius 3 is 1.95 bits per heavy atom. The molecule has 0 aliphatic heterocycles. The molecular weight excluding hydrogens is 524 g/mol. The fourth-order valence-corrected chi connectivity index (χ4v) is 5.29. The van der Waals surface area contributed by atoms with Crippen molar-refractivity contribution < 1.29 is 22.7 Å². The summed E-state index contributed by atoms with van der Waals surface area (Å²) in [6.07, 6.45) is 0. The van der Waals surface area contributed by atoms with Gasteiger partial charge in [0.1, 0.15) is 5.75 Å². The van der Waals surface area contributed by atoms with Gasteiger partial charge in [-0.3, -0.25) is 13.9 Å². The van der Waals surface area contributed by atoms with Crippen LogP contribution in [0.3, 0.4) is 0 Å². The lowest BCUT2D eigenvalue weighted by atomic mass is 9.86. The average molecular weight is 557 g/mol. The number of nitrogens with one attached hydrogen (secondary N) is 1. The van der Waals surface area contributed by atoms with Crippen molar-refractivity contribution in [2.24, 2.45) is 0 Å². The normalized spacial score (nSPS) is 11.5. The number of hydrogen-bond donors (Lipinski definition) is 1. The largest absolute Gasteiger partial charge is 0.497 e. The molecular formula is C32H32N2O5S. The van der Waals surface area contributed by atoms with Crippen molar-refractivity contribution in [1.82, 2.24) is 0 Å². The van der Waals surface area contributed by atoms with Crippen LogP contribution in [0.25, 0.3) is 0 Å². The predicted molar refractivity (Wildman–Crippen MR) is 158 cm³/mol. The van der Waals surface area contributed by atoms with E-state index in [0.29, 0.717) is 33.8 Å². The van der Waals surface area contributed by atoms with Gasteiger partial charge in [0.2, 0.25) is 0 Å². The highest BCUT2D eigenvalue weighted by Crippen LogP contribution is 2.25. The third-order valence-corrected chi connectivity index (χ3v) is 8.41. The fraction of sp³-hybridized carbons (Fsp3) is 0.188. The van der Waals surface area contributed by atoms with Gasteiger partial charge in [-0.25, -0.2) is 8.42 Å². The van der Waals surface area contributed by atoms with Gasteiger partial charge in [-0.05, 0) is 71.6 Å². The third-order valence-electron chi connectivity index (χ3n) is 6.61. The maximum atomic E-state index is 13.1. The molecule has 0 spiro atoms.